The van der Waals surface area contributed by atoms with E-state index in [-0.39, 0.29) is 10.6 Å². The van der Waals surface area contributed by atoms with Crippen LogP contribution in [0.3, 0.4) is 0 Å². The number of sulfonamides is 1. The van der Waals surface area contributed by atoms with Crippen LogP contribution in [0, 0.1) is 6.92 Å². The molecule has 0 saturated carbocycles. The Balaban J connectivity index is 1.94. The third kappa shape index (κ3) is 6.77. The fourth-order valence-corrected chi connectivity index (χ4v) is 3.56. The van der Waals surface area contributed by atoms with Crippen molar-refractivity contribution in [2.24, 2.45) is 0 Å². The van der Waals surface area contributed by atoms with E-state index in [2.05, 4.69) is 10.6 Å². The Bertz CT molecular complexity index is 1130. The molecule has 33 heavy (non-hydrogen) atoms. The van der Waals surface area contributed by atoms with Gasteiger partial charge in [0.05, 0.1) is 12.0 Å². The SMILES string of the molecule is COc1ccc(C(=O)NCC(=O)OC(C)C(=O)Nc2cc(S(=O)(=O)N(C)C)ccc2C)cc1. The number of hydrogen-bond acceptors (Lipinski definition) is 7. The molecule has 2 amide bonds. The molecule has 2 aromatic rings. The minimum Gasteiger partial charge on any atom is -0.497 e. The molecule has 2 rings (SSSR count). The summed E-state index contributed by atoms with van der Waals surface area (Å²) in [4.78, 5) is 36.6. The number of carbonyl (C=O) groups excluding carboxylic acids is 3. The largest absolute Gasteiger partial charge is 0.497 e. The number of nitrogens with zero attached hydrogens (tertiary/aromatic N) is 1. The lowest BCUT2D eigenvalue weighted by molar-refractivity contribution is -0.152. The molecule has 1 unspecified atom stereocenters. The van der Waals surface area contributed by atoms with E-state index in [0.29, 0.717) is 16.9 Å². The number of ether oxygens (including phenoxy) is 2. The topological polar surface area (TPSA) is 131 Å². The number of carbonyl (C=O) groups is 3. The van der Waals surface area contributed by atoms with Crippen LogP contribution in [0.4, 0.5) is 5.69 Å². The smallest absolute Gasteiger partial charge is 0.326 e. The first-order chi connectivity index (χ1) is 15.4. The number of benzene rings is 2. The second kappa shape index (κ2) is 10.9. The molecule has 0 aromatic heterocycles. The van der Waals surface area contributed by atoms with E-state index in [1.54, 1.807) is 37.3 Å². The first-order valence-electron chi connectivity index (χ1n) is 9.91. The highest BCUT2D eigenvalue weighted by atomic mass is 32.2. The van der Waals surface area contributed by atoms with Crippen LogP contribution in [0.5, 0.6) is 5.75 Å². The molecule has 0 aliphatic rings. The van der Waals surface area contributed by atoms with E-state index in [1.807, 2.05) is 0 Å². The van der Waals surface area contributed by atoms with Gasteiger partial charge in [-0.05, 0) is 55.8 Å². The Hall–Kier alpha value is -3.44. The zero-order chi connectivity index (χ0) is 24.8. The summed E-state index contributed by atoms with van der Waals surface area (Å²) in [6.45, 7) is 2.64. The molecular weight excluding hydrogens is 450 g/mol. The van der Waals surface area contributed by atoms with Crippen molar-refractivity contribution in [2.75, 3.05) is 33.1 Å². The van der Waals surface area contributed by atoms with Crippen molar-refractivity contribution < 1.29 is 32.3 Å². The van der Waals surface area contributed by atoms with Gasteiger partial charge in [0.25, 0.3) is 11.8 Å². The average Bonchev–Trinajstić information content (AvgIpc) is 2.78. The maximum Gasteiger partial charge on any atom is 0.326 e. The van der Waals surface area contributed by atoms with Gasteiger partial charge >= 0.3 is 5.97 Å². The van der Waals surface area contributed by atoms with Crippen molar-refractivity contribution in [3.63, 3.8) is 0 Å². The monoisotopic (exact) mass is 477 g/mol. The summed E-state index contributed by atoms with van der Waals surface area (Å²) in [5, 5.41) is 4.99. The fraction of sp³-hybridized carbons (Fsp3) is 0.318. The molecule has 0 radical (unpaired) electrons. The predicted octanol–water partition coefficient (Wildman–Crippen LogP) is 1.55. The summed E-state index contributed by atoms with van der Waals surface area (Å²) in [6, 6.07) is 10.7. The van der Waals surface area contributed by atoms with E-state index < -0.39 is 40.5 Å². The molecule has 2 N–H and O–H groups in total. The van der Waals surface area contributed by atoms with Crippen LogP contribution in [-0.4, -0.2) is 64.4 Å². The molecule has 0 spiro atoms. The van der Waals surface area contributed by atoms with Crippen LogP contribution in [0.15, 0.2) is 47.4 Å². The molecular formula is C22H27N3O7S. The van der Waals surface area contributed by atoms with E-state index in [0.717, 1.165) is 4.31 Å². The van der Waals surface area contributed by atoms with Gasteiger partial charge in [-0.1, -0.05) is 6.07 Å². The molecule has 11 heteroatoms. The Labute approximate surface area is 192 Å². The van der Waals surface area contributed by atoms with Crippen LogP contribution < -0.4 is 15.4 Å². The molecule has 0 fully saturated rings. The molecule has 178 valence electrons. The number of amides is 2. The fourth-order valence-electron chi connectivity index (χ4n) is 2.63. The van der Waals surface area contributed by atoms with Crippen molar-refractivity contribution in [1.29, 1.82) is 0 Å². The van der Waals surface area contributed by atoms with Crippen molar-refractivity contribution >= 4 is 33.5 Å². The summed E-state index contributed by atoms with van der Waals surface area (Å²) in [7, 11) is 0.632. The molecule has 0 saturated heterocycles. The Kier molecular flexibility index (Phi) is 8.55. The van der Waals surface area contributed by atoms with Crippen molar-refractivity contribution in [3.05, 3.63) is 53.6 Å². The zero-order valence-corrected chi connectivity index (χ0v) is 19.9. The number of hydrogen-bond donors (Lipinski definition) is 2. The number of esters is 1. The van der Waals surface area contributed by atoms with Crippen LogP contribution in [0.25, 0.3) is 0 Å². The van der Waals surface area contributed by atoms with E-state index in [1.165, 1.54) is 40.3 Å². The van der Waals surface area contributed by atoms with Crippen molar-refractivity contribution in [3.8, 4) is 5.75 Å². The standard InChI is InChI=1S/C22H27N3O7S/c1-14-6-11-18(33(29,30)25(3)4)12-19(14)24-21(27)15(2)32-20(26)13-23-22(28)16-7-9-17(31-5)10-8-16/h6-12,15H,13H2,1-5H3,(H,23,28)(H,24,27). The zero-order valence-electron chi connectivity index (χ0n) is 19.0. The van der Waals surface area contributed by atoms with E-state index in [4.69, 9.17) is 9.47 Å². The second-order valence-electron chi connectivity index (χ2n) is 7.30. The lowest BCUT2D eigenvalue weighted by Crippen LogP contribution is -2.36. The summed E-state index contributed by atoms with van der Waals surface area (Å²) in [6.07, 6.45) is -1.18. The Morgan fingerprint density at radius 2 is 1.70 bits per heavy atom. The van der Waals surface area contributed by atoms with Gasteiger partial charge in [0, 0.05) is 25.3 Å². The van der Waals surface area contributed by atoms with Crippen LogP contribution >= 0.6 is 0 Å². The quantitative estimate of drug-likeness (QED) is 0.524. The number of nitrogens with one attached hydrogen (secondary N) is 2. The minimum atomic E-state index is -3.68. The number of anilines is 1. The summed E-state index contributed by atoms with van der Waals surface area (Å²) >= 11 is 0. The Morgan fingerprint density at radius 1 is 1.06 bits per heavy atom. The van der Waals surface area contributed by atoms with Crippen molar-refractivity contribution in [2.45, 2.75) is 24.8 Å². The highest BCUT2D eigenvalue weighted by molar-refractivity contribution is 7.89. The lowest BCUT2D eigenvalue weighted by Gasteiger charge is -2.17. The van der Waals surface area contributed by atoms with Gasteiger partial charge in [-0.15, -0.1) is 0 Å². The minimum absolute atomic E-state index is 0.0132. The first-order valence-corrected chi connectivity index (χ1v) is 11.4. The van der Waals surface area contributed by atoms with Crippen LogP contribution in [0.2, 0.25) is 0 Å². The maximum absolute atomic E-state index is 12.5. The van der Waals surface area contributed by atoms with Gasteiger partial charge in [0.2, 0.25) is 10.0 Å². The van der Waals surface area contributed by atoms with E-state index in [9.17, 15) is 22.8 Å². The van der Waals surface area contributed by atoms with Gasteiger partial charge in [-0.25, -0.2) is 12.7 Å². The summed E-state index contributed by atoms with van der Waals surface area (Å²) in [5.41, 5.74) is 1.24. The number of aryl methyl sites for hydroxylation is 1. The predicted molar refractivity (Wildman–Crippen MR) is 122 cm³/mol. The van der Waals surface area contributed by atoms with Gasteiger partial charge < -0.3 is 20.1 Å². The molecule has 0 aliphatic heterocycles. The highest BCUT2D eigenvalue weighted by Gasteiger charge is 2.22. The van der Waals surface area contributed by atoms with Crippen LogP contribution in [-0.2, 0) is 24.3 Å². The molecule has 10 nitrogen and oxygen atoms in total. The van der Waals surface area contributed by atoms with Gasteiger partial charge in [-0.3, -0.25) is 14.4 Å². The maximum atomic E-state index is 12.5. The van der Waals surface area contributed by atoms with Gasteiger partial charge in [0.15, 0.2) is 6.10 Å². The third-order valence-electron chi connectivity index (χ3n) is 4.67. The normalized spacial score (nSPS) is 12.1. The van der Waals surface area contributed by atoms with E-state index >= 15 is 0 Å². The summed E-state index contributed by atoms with van der Waals surface area (Å²) < 4.78 is 35.8. The van der Waals surface area contributed by atoms with Crippen LogP contribution in [0.1, 0.15) is 22.8 Å². The third-order valence-corrected chi connectivity index (χ3v) is 6.48. The average molecular weight is 478 g/mol. The number of methoxy groups -OCH3 is 1. The number of rotatable bonds is 9. The Morgan fingerprint density at radius 3 is 2.27 bits per heavy atom. The summed E-state index contributed by atoms with van der Waals surface area (Å²) in [5.74, 6) is -1.35. The molecule has 1 atom stereocenters. The molecule has 0 aliphatic carbocycles. The molecule has 0 heterocycles. The van der Waals surface area contributed by atoms with Crippen molar-refractivity contribution in [1.82, 2.24) is 9.62 Å². The molecule has 2 aromatic carbocycles. The second-order valence-corrected chi connectivity index (χ2v) is 9.45. The molecule has 0 bridgehead atoms. The van der Waals surface area contributed by atoms with Gasteiger partial charge in [-0.2, -0.15) is 0 Å². The van der Waals surface area contributed by atoms with Gasteiger partial charge in [0.1, 0.15) is 12.3 Å². The highest BCUT2D eigenvalue weighted by Crippen LogP contribution is 2.22. The first kappa shape index (κ1) is 25.8. The lowest BCUT2D eigenvalue weighted by atomic mass is 10.2.